The second-order valence-corrected chi connectivity index (χ2v) is 3.00. The van der Waals surface area contributed by atoms with Gasteiger partial charge in [-0.1, -0.05) is 6.42 Å². The summed E-state index contributed by atoms with van der Waals surface area (Å²) < 4.78 is 0. The van der Waals surface area contributed by atoms with Gasteiger partial charge in [-0.15, -0.1) is 0 Å². The van der Waals surface area contributed by atoms with Crippen molar-refractivity contribution in [2.75, 3.05) is 6.61 Å². The number of unbranched alkanes of at least 4 members (excludes halogenated alkanes) is 2. The Hall–Kier alpha value is -1.14. The zero-order valence-corrected chi connectivity index (χ0v) is 7.64. The van der Waals surface area contributed by atoms with Crippen LogP contribution in [0.2, 0.25) is 0 Å². The van der Waals surface area contributed by atoms with Gasteiger partial charge in [0.1, 0.15) is 0 Å². The lowest BCUT2D eigenvalue weighted by molar-refractivity contribution is -0.176. The monoisotopic (exact) mass is 206 g/mol. The molecule has 0 bridgehead atoms. The molecule has 14 heavy (non-hydrogen) atoms. The molecule has 0 aliphatic rings. The topological polar surface area (TPSA) is 115 Å². The smallest absolute Gasteiger partial charge is 0.347 e. The number of aliphatic carboxylic acids is 2. The zero-order chi connectivity index (χ0) is 11.2. The fourth-order valence-electron chi connectivity index (χ4n) is 0.975. The molecule has 0 aromatic heterocycles. The number of hydrogen-bond acceptors (Lipinski definition) is 4. The first kappa shape index (κ1) is 12.9. The molecule has 0 aliphatic carbocycles. The molecule has 82 valence electrons. The Labute approximate surface area is 80.8 Å². The van der Waals surface area contributed by atoms with Crippen molar-refractivity contribution in [1.82, 2.24) is 0 Å². The first-order valence-electron chi connectivity index (χ1n) is 4.25. The molecular weight excluding hydrogens is 192 g/mol. The molecule has 0 amide bonds. The maximum atomic E-state index is 10.4. The summed E-state index contributed by atoms with van der Waals surface area (Å²) in [5, 5.41) is 34.6. The van der Waals surface area contributed by atoms with E-state index in [1.807, 2.05) is 0 Å². The minimum atomic E-state index is -2.70. The summed E-state index contributed by atoms with van der Waals surface area (Å²) in [6.07, 6.45) is 0.849. The lowest BCUT2D eigenvalue weighted by atomic mass is 9.96. The molecule has 0 unspecified atom stereocenters. The van der Waals surface area contributed by atoms with Crippen LogP contribution in [-0.4, -0.2) is 44.6 Å². The Kier molecular flexibility index (Phi) is 5.11. The van der Waals surface area contributed by atoms with Gasteiger partial charge in [0.05, 0.1) is 0 Å². The van der Waals surface area contributed by atoms with E-state index < -0.39 is 17.5 Å². The van der Waals surface area contributed by atoms with Crippen LogP contribution in [0, 0.1) is 0 Å². The van der Waals surface area contributed by atoms with E-state index in [9.17, 15) is 14.7 Å². The summed E-state index contributed by atoms with van der Waals surface area (Å²) in [4.78, 5) is 20.9. The predicted molar refractivity (Wildman–Crippen MR) is 45.8 cm³/mol. The molecule has 6 nitrogen and oxygen atoms in total. The van der Waals surface area contributed by atoms with Crippen LogP contribution in [0.4, 0.5) is 0 Å². The predicted octanol–water partition coefficient (Wildman–Crippen LogP) is -0.561. The van der Waals surface area contributed by atoms with Crippen LogP contribution in [0.25, 0.3) is 0 Å². The van der Waals surface area contributed by atoms with Gasteiger partial charge >= 0.3 is 11.9 Å². The summed E-state index contributed by atoms with van der Waals surface area (Å²) >= 11 is 0. The van der Waals surface area contributed by atoms with Crippen molar-refractivity contribution in [3.8, 4) is 0 Å². The minimum Gasteiger partial charge on any atom is -0.479 e. The molecule has 0 aromatic rings. The molecule has 0 fully saturated rings. The normalized spacial score (nSPS) is 11.3. The van der Waals surface area contributed by atoms with Crippen molar-refractivity contribution < 1.29 is 30.0 Å². The minimum absolute atomic E-state index is 0.0292. The molecule has 4 N–H and O–H groups in total. The summed E-state index contributed by atoms with van der Waals surface area (Å²) in [5.74, 6) is -3.51. The molecule has 6 heteroatoms. The van der Waals surface area contributed by atoms with E-state index >= 15 is 0 Å². The van der Waals surface area contributed by atoms with Gasteiger partial charge in [-0.2, -0.15) is 0 Å². The first-order valence-corrected chi connectivity index (χ1v) is 4.25. The van der Waals surface area contributed by atoms with Crippen molar-refractivity contribution >= 4 is 11.9 Å². The Balaban J connectivity index is 4.12. The standard InChI is InChI=1S/C8H14O6/c9-5-3-1-2-4-8(14,6(10)11)7(12)13/h9,14H,1-5H2,(H,10,11)(H,12,13). The molecule has 0 aliphatic heterocycles. The molecule has 0 rings (SSSR count). The van der Waals surface area contributed by atoms with E-state index in [-0.39, 0.29) is 19.4 Å². The summed E-state index contributed by atoms with van der Waals surface area (Å²) in [5.41, 5.74) is -2.70. The van der Waals surface area contributed by atoms with E-state index in [4.69, 9.17) is 15.3 Å². The SMILES string of the molecule is O=C(O)C(O)(CCCCCO)C(=O)O. The number of carboxylic acids is 2. The van der Waals surface area contributed by atoms with E-state index in [0.29, 0.717) is 12.8 Å². The average molecular weight is 206 g/mol. The van der Waals surface area contributed by atoms with Crippen LogP contribution < -0.4 is 0 Å². The van der Waals surface area contributed by atoms with Gasteiger partial charge in [-0.25, -0.2) is 9.59 Å². The van der Waals surface area contributed by atoms with Crippen molar-refractivity contribution in [1.29, 1.82) is 0 Å². The van der Waals surface area contributed by atoms with Crippen molar-refractivity contribution in [2.24, 2.45) is 0 Å². The highest BCUT2D eigenvalue weighted by atomic mass is 16.4. The highest BCUT2D eigenvalue weighted by molar-refractivity contribution is 6.01. The third-order valence-corrected chi connectivity index (χ3v) is 1.90. The third kappa shape index (κ3) is 3.31. The fraction of sp³-hybridized carbons (Fsp3) is 0.750. The van der Waals surface area contributed by atoms with E-state index in [1.165, 1.54) is 0 Å². The lowest BCUT2D eigenvalue weighted by Crippen LogP contribution is -2.46. The summed E-state index contributed by atoms with van der Waals surface area (Å²) in [7, 11) is 0. The first-order chi connectivity index (χ1) is 6.45. The van der Waals surface area contributed by atoms with Gasteiger partial charge in [-0.05, 0) is 19.3 Å². The molecule has 0 heterocycles. The zero-order valence-electron chi connectivity index (χ0n) is 7.64. The van der Waals surface area contributed by atoms with Crippen LogP contribution in [0.15, 0.2) is 0 Å². The highest BCUT2D eigenvalue weighted by Crippen LogP contribution is 2.15. The second kappa shape index (κ2) is 5.56. The van der Waals surface area contributed by atoms with E-state index in [0.717, 1.165) is 0 Å². The van der Waals surface area contributed by atoms with Crippen LogP contribution in [-0.2, 0) is 9.59 Å². The van der Waals surface area contributed by atoms with Gasteiger partial charge < -0.3 is 20.4 Å². The van der Waals surface area contributed by atoms with Crippen molar-refractivity contribution in [3.63, 3.8) is 0 Å². The number of aliphatic hydroxyl groups is 2. The number of hydrogen-bond donors (Lipinski definition) is 4. The molecule has 0 spiro atoms. The number of carboxylic acid groups (broad SMARTS) is 2. The van der Waals surface area contributed by atoms with E-state index in [2.05, 4.69) is 0 Å². The molecule has 0 saturated heterocycles. The number of carbonyl (C=O) groups is 2. The highest BCUT2D eigenvalue weighted by Gasteiger charge is 2.43. The Morgan fingerprint density at radius 3 is 1.86 bits per heavy atom. The second-order valence-electron chi connectivity index (χ2n) is 3.00. The number of rotatable bonds is 7. The third-order valence-electron chi connectivity index (χ3n) is 1.90. The molecular formula is C8H14O6. The molecule has 0 radical (unpaired) electrons. The van der Waals surface area contributed by atoms with Gasteiger partial charge in [-0.3, -0.25) is 0 Å². The van der Waals surface area contributed by atoms with Crippen LogP contribution in [0.3, 0.4) is 0 Å². The number of aliphatic hydroxyl groups excluding tert-OH is 1. The molecule has 0 atom stereocenters. The van der Waals surface area contributed by atoms with Gasteiger partial charge in [0.2, 0.25) is 0 Å². The maximum Gasteiger partial charge on any atom is 0.347 e. The van der Waals surface area contributed by atoms with Crippen molar-refractivity contribution in [3.05, 3.63) is 0 Å². The van der Waals surface area contributed by atoms with Crippen molar-refractivity contribution in [2.45, 2.75) is 31.3 Å². The molecule has 0 saturated carbocycles. The van der Waals surface area contributed by atoms with Crippen LogP contribution in [0.1, 0.15) is 25.7 Å². The van der Waals surface area contributed by atoms with Gasteiger partial charge in [0, 0.05) is 6.61 Å². The van der Waals surface area contributed by atoms with Gasteiger partial charge in [0.15, 0.2) is 0 Å². The average Bonchev–Trinajstić information content (AvgIpc) is 2.11. The Bertz CT molecular complexity index is 198. The fourth-order valence-corrected chi connectivity index (χ4v) is 0.975. The van der Waals surface area contributed by atoms with E-state index in [1.54, 1.807) is 0 Å². The van der Waals surface area contributed by atoms with Gasteiger partial charge in [0.25, 0.3) is 5.60 Å². The lowest BCUT2D eigenvalue weighted by Gasteiger charge is -2.17. The summed E-state index contributed by atoms with van der Waals surface area (Å²) in [6.45, 7) is -0.0292. The van der Waals surface area contributed by atoms with Crippen LogP contribution >= 0.6 is 0 Å². The van der Waals surface area contributed by atoms with Crippen LogP contribution in [0.5, 0.6) is 0 Å². The Morgan fingerprint density at radius 2 is 1.50 bits per heavy atom. The largest absolute Gasteiger partial charge is 0.479 e. The summed E-state index contributed by atoms with van der Waals surface area (Å²) in [6, 6.07) is 0. The Morgan fingerprint density at radius 1 is 1.00 bits per heavy atom. The maximum absolute atomic E-state index is 10.4. The quantitative estimate of drug-likeness (QED) is 0.328. The molecule has 0 aromatic carbocycles.